The summed E-state index contributed by atoms with van der Waals surface area (Å²) in [7, 11) is -3.53. The van der Waals surface area contributed by atoms with Crippen LogP contribution in [0.4, 0.5) is 4.39 Å². The van der Waals surface area contributed by atoms with E-state index in [1.54, 1.807) is 0 Å². The molecule has 0 aromatic heterocycles. The van der Waals surface area contributed by atoms with Crippen molar-refractivity contribution in [1.29, 1.82) is 0 Å². The number of nitrogens with two attached hydrogens (primary N) is 1. The summed E-state index contributed by atoms with van der Waals surface area (Å²) in [5.41, 5.74) is -0.0972. The summed E-state index contributed by atoms with van der Waals surface area (Å²) in [6, 6.07) is 4.00. The minimum Gasteiger partial charge on any atom is -0.352 e. The zero-order valence-corrected chi connectivity index (χ0v) is 11.7. The molecule has 1 aromatic rings. The first-order chi connectivity index (χ1) is 8.29. The Hall–Kier alpha value is -0.990. The van der Waals surface area contributed by atoms with Gasteiger partial charge in [-0.2, -0.15) is 0 Å². The molecule has 0 aliphatic carbocycles. The van der Waals surface area contributed by atoms with Gasteiger partial charge in [-0.3, -0.25) is 4.79 Å². The van der Waals surface area contributed by atoms with Gasteiger partial charge in [0.2, 0.25) is 10.0 Å². The molecule has 18 heavy (non-hydrogen) atoms. The molecule has 100 valence electrons. The van der Waals surface area contributed by atoms with Gasteiger partial charge in [-0.1, -0.05) is 15.9 Å². The highest BCUT2D eigenvalue weighted by Gasteiger charge is 2.11. The quantitative estimate of drug-likeness (QED) is 0.784. The van der Waals surface area contributed by atoms with E-state index in [2.05, 4.69) is 21.2 Å². The second kappa shape index (κ2) is 6.26. The fourth-order valence-electron chi connectivity index (χ4n) is 1.24. The summed E-state index contributed by atoms with van der Waals surface area (Å²) in [6.45, 7) is 0.112. The number of primary sulfonamides is 1. The number of nitrogens with one attached hydrogen (secondary N) is 1. The maximum absolute atomic E-state index is 13.3. The number of benzene rings is 1. The van der Waals surface area contributed by atoms with Crippen LogP contribution in [0.25, 0.3) is 0 Å². The van der Waals surface area contributed by atoms with Gasteiger partial charge in [0.15, 0.2) is 0 Å². The summed E-state index contributed by atoms with van der Waals surface area (Å²) in [5.74, 6) is -1.46. The van der Waals surface area contributed by atoms with Crippen LogP contribution in [0.2, 0.25) is 0 Å². The number of halogens is 2. The maximum Gasteiger partial charge on any atom is 0.254 e. The predicted molar refractivity (Wildman–Crippen MR) is 69.0 cm³/mol. The molecule has 0 heterocycles. The van der Waals surface area contributed by atoms with Crippen molar-refractivity contribution in [3.8, 4) is 0 Å². The fraction of sp³-hybridized carbons (Fsp3) is 0.300. The van der Waals surface area contributed by atoms with Crippen LogP contribution in [-0.2, 0) is 10.0 Å². The van der Waals surface area contributed by atoms with Gasteiger partial charge >= 0.3 is 0 Å². The Balaban J connectivity index is 2.53. The minimum atomic E-state index is -3.53. The summed E-state index contributed by atoms with van der Waals surface area (Å²) < 4.78 is 35.2. The van der Waals surface area contributed by atoms with Gasteiger partial charge in [0, 0.05) is 11.0 Å². The lowest BCUT2D eigenvalue weighted by molar-refractivity contribution is 0.0949. The third-order valence-corrected chi connectivity index (χ3v) is 3.42. The van der Waals surface area contributed by atoms with Crippen LogP contribution in [-0.4, -0.2) is 26.6 Å². The van der Waals surface area contributed by atoms with Crippen molar-refractivity contribution < 1.29 is 17.6 Å². The number of hydrogen-bond acceptors (Lipinski definition) is 3. The van der Waals surface area contributed by atoms with E-state index in [9.17, 15) is 17.6 Å². The van der Waals surface area contributed by atoms with E-state index in [1.807, 2.05) is 0 Å². The van der Waals surface area contributed by atoms with Gasteiger partial charge in [0.1, 0.15) is 5.82 Å². The molecule has 0 unspecified atom stereocenters. The average Bonchev–Trinajstić information content (AvgIpc) is 2.26. The molecule has 0 saturated carbocycles. The monoisotopic (exact) mass is 338 g/mol. The smallest absolute Gasteiger partial charge is 0.254 e. The highest BCUT2D eigenvalue weighted by molar-refractivity contribution is 9.10. The van der Waals surface area contributed by atoms with Gasteiger partial charge in [-0.05, 0) is 24.6 Å². The Morgan fingerprint density at radius 3 is 2.72 bits per heavy atom. The van der Waals surface area contributed by atoms with Crippen LogP contribution in [0.1, 0.15) is 16.8 Å². The Labute approximate surface area is 113 Å². The Morgan fingerprint density at radius 1 is 1.44 bits per heavy atom. The molecule has 0 fully saturated rings. The first-order valence-electron chi connectivity index (χ1n) is 5.03. The van der Waals surface area contributed by atoms with E-state index in [0.29, 0.717) is 4.47 Å². The lowest BCUT2D eigenvalue weighted by Gasteiger charge is -2.06. The van der Waals surface area contributed by atoms with Crippen molar-refractivity contribution in [3.05, 3.63) is 34.1 Å². The minimum absolute atomic E-state index is 0.0972. The molecule has 8 heteroatoms. The van der Waals surface area contributed by atoms with Crippen molar-refractivity contribution >= 4 is 31.9 Å². The topological polar surface area (TPSA) is 89.3 Å². The third-order valence-electron chi connectivity index (χ3n) is 2.06. The SMILES string of the molecule is NS(=O)(=O)CCCNC(=O)c1cc(Br)ccc1F. The molecule has 0 bridgehead atoms. The van der Waals surface area contributed by atoms with Crippen LogP contribution in [0.15, 0.2) is 22.7 Å². The zero-order valence-electron chi connectivity index (χ0n) is 9.32. The number of carbonyl (C=O) groups is 1. The molecular weight excluding hydrogens is 327 g/mol. The molecule has 3 N–H and O–H groups in total. The predicted octanol–water partition coefficient (Wildman–Crippen LogP) is 0.997. The van der Waals surface area contributed by atoms with Crippen molar-refractivity contribution in [1.82, 2.24) is 5.32 Å². The van der Waals surface area contributed by atoms with Crippen molar-refractivity contribution in [2.45, 2.75) is 6.42 Å². The summed E-state index contributed by atoms with van der Waals surface area (Å²) in [6.07, 6.45) is 0.181. The van der Waals surface area contributed by atoms with E-state index in [1.165, 1.54) is 18.2 Å². The molecule has 0 aliphatic rings. The summed E-state index contributed by atoms with van der Waals surface area (Å²) in [4.78, 5) is 11.6. The van der Waals surface area contributed by atoms with Gasteiger partial charge in [0.05, 0.1) is 11.3 Å². The second-order valence-electron chi connectivity index (χ2n) is 3.60. The van der Waals surface area contributed by atoms with Crippen molar-refractivity contribution in [3.63, 3.8) is 0 Å². The van der Waals surface area contributed by atoms with Gasteiger partial charge < -0.3 is 5.32 Å². The molecule has 1 amide bonds. The van der Waals surface area contributed by atoms with E-state index < -0.39 is 21.7 Å². The number of rotatable bonds is 5. The Bertz CT molecular complexity index is 548. The summed E-state index contributed by atoms with van der Waals surface area (Å²) in [5, 5.41) is 7.22. The molecule has 0 saturated heterocycles. The molecule has 1 rings (SSSR count). The van der Waals surface area contributed by atoms with Gasteiger partial charge in [-0.15, -0.1) is 0 Å². The second-order valence-corrected chi connectivity index (χ2v) is 6.25. The van der Waals surface area contributed by atoms with Crippen LogP contribution >= 0.6 is 15.9 Å². The standard InChI is InChI=1S/C10H12BrFN2O3S/c11-7-2-3-9(12)8(6-7)10(15)14-4-1-5-18(13,16)17/h2-3,6H,1,4-5H2,(H,14,15)(H2,13,16,17). The highest BCUT2D eigenvalue weighted by atomic mass is 79.9. The largest absolute Gasteiger partial charge is 0.352 e. The van der Waals surface area contributed by atoms with Crippen LogP contribution in [0.3, 0.4) is 0 Å². The number of amides is 1. The van der Waals surface area contributed by atoms with Gasteiger partial charge in [0.25, 0.3) is 5.91 Å². The van der Waals surface area contributed by atoms with E-state index >= 15 is 0 Å². The van der Waals surface area contributed by atoms with E-state index in [0.717, 1.165) is 0 Å². The van der Waals surface area contributed by atoms with E-state index in [4.69, 9.17) is 5.14 Å². The summed E-state index contributed by atoms with van der Waals surface area (Å²) >= 11 is 3.13. The van der Waals surface area contributed by atoms with Crippen molar-refractivity contribution in [2.24, 2.45) is 5.14 Å². The lowest BCUT2D eigenvalue weighted by Crippen LogP contribution is -2.28. The van der Waals surface area contributed by atoms with Crippen LogP contribution in [0.5, 0.6) is 0 Å². The lowest BCUT2D eigenvalue weighted by atomic mass is 10.2. The van der Waals surface area contributed by atoms with Crippen molar-refractivity contribution in [2.75, 3.05) is 12.3 Å². The maximum atomic E-state index is 13.3. The molecule has 0 spiro atoms. The first kappa shape index (κ1) is 15.1. The average molecular weight is 339 g/mol. The zero-order chi connectivity index (χ0) is 13.8. The molecule has 5 nitrogen and oxygen atoms in total. The van der Waals surface area contributed by atoms with Gasteiger partial charge in [-0.25, -0.2) is 17.9 Å². The number of hydrogen-bond donors (Lipinski definition) is 2. The number of carbonyl (C=O) groups excluding carboxylic acids is 1. The number of sulfonamides is 1. The first-order valence-corrected chi connectivity index (χ1v) is 7.54. The highest BCUT2D eigenvalue weighted by Crippen LogP contribution is 2.15. The van der Waals surface area contributed by atoms with Crippen LogP contribution in [0, 0.1) is 5.82 Å². The fourth-order valence-corrected chi connectivity index (χ4v) is 2.15. The van der Waals surface area contributed by atoms with E-state index in [-0.39, 0.29) is 24.3 Å². The normalized spacial score (nSPS) is 11.3. The molecular formula is C10H12BrFN2O3S. The molecule has 0 radical (unpaired) electrons. The molecule has 1 aromatic carbocycles. The Morgan fingerprint density at radius 2 is 2.11 bits per heavy atom. The Kier molecular flexibility index (Phi) is 5.24. The molecule has 0 atom stereocenters. The van der Waals surface area contributed by atoms with Crippen LogP contribution < -0.4 is 10.5 Å². The molecule has 0 aliphatic heterocycles. The third kappa shape index (κ3) is 5.11.